The third-order valence-electron chi connectivity index (χ3n) is 11.0. The first-order chi connectivity index (χ1) is 24.4. The molecule has 0 aromatic carbocycles. The molecule has 0 saturated carbocycles. The molecule has 0 fully saturated rings. The highest BCUT2D eigenvalue weighted by atomic mass is 16.5. The van der Waals surface area contributed by atoms with E-state index in [9.17, 15) is 14.7 Å². The zero-order valence-electron chi connectivity index (χ0n) is 34.3. The third kappa shape index (κ3) is 32.7. The van der Waals surface area contributed by atoms with Crippen LogP contribution in [-0.4, -0.2) is 67.5 Å². The largest absolute Gasteiger partial charge is 0.460 e. The SMILES string of the molecule is CCCCCCCCCCCCCCCCCC(=O)OCC[N+](C)(CCOC(=O)CCCCCCCCCCCCCCCCC)C(C)CO. The molecule has 1 N–H and O–H groups in total. The molecule has 0 amide bonds. The summed E-state index contributed by atoms with van der Waals surface area (Å²) >= 11 is 0. The van der Waals surface area contributed by atoms with Gasteiger partial charge in [-0.05, 0) is 19.8 Å². The standard InChI is InChI=1S/C44H88NO5/c1-5-7-9-11-13-15-17-19-21-23-25-27-29-31-33-35-43(47)49-39-37-45(4,42(3)41-46)38-40-50-44(48)36-34-32-30-28-26-24-22-20-18-16-14-12-10-8-6-2/h42,46H,5-41H2,1-4H3/q+1. The number of hydrogen-bond acceptors (Lipinski definition) is 5. The molecular formula is C44H88NO5+. The average molecular weight is 711 g/mol. The van der Waals surface area contributed by atoms with Crippen LogP contribution in [0.25, 0.3) is 0 Å². The molecule has 0 heterocycles. The van der Waals surface area contributed by atoms with Gasteiger partial charge in [0, 0.05) is 12.8 Å². The van der Waals surface area contributed by atoms with Crippen molar-refractivity contribution in [3.63, 3.8) is 0 Å². The van der Waals surface area contributed by atoms with E-state index in [1.165, 1.54) is 167 Å². The van der Waals surface area contributed by atoms with Gasteiger partial charge in [-0.3, -0.25) is 9.59 Å². The van der Waals surface area contributed by atoms with Crippen LogP contribution in [0.3, 0.4) is 0 Å². The Morgan fingerprint density at radius 3 is 0.940 bits per heavy atom. The molecule has 50 heavy (non-hydrogen) atoms. The van der Waals surface area contributed by atoms with Crippen molar-refractivity contribution < 1.29 is 28.7 Å². The molecular weight excluding hydrogens is 622 g/mol. The highest BCUT2D eigenvalue weighted by Gasteiger charge is 2.29. The van der Waals surface area contributed by atoms with E-state index in [2.05, 4.69) is 13.8 Å². The second kappa shape index (κ2) is 37.6. The minimum absolute atomic E-state index is 0.0292. The highest BCUT2D eigenvalue weighted by Crippen LogP contribution is 2.16. The van der Waals surface area contributed by atoms with Crippen molar-refractivity contribution in [3.8, 4) is 0 Å². The van der Waals surface area contributed by atoms with Gasteiger partial charge < -0.3 is 19.1 Å². The number of ether oxygens (including phenoxy) is 2. The minimum atomic E-state index is -0.127. The molecule has 6 heteroatoms. The molecule has 0 bridgehead atoms. The van der Waals surface area contributed by atoms with Crippen molar-refractivity contribution in [1.82, 2.24) is 0 Å². The molecule has 0 aliphatic rings. The Labute approximate surface area is 312 Å². The van der Waals surface area contributed by atoms with E-state index in [0.29, 0.717) is 43.6 Å². The van der Waals surface area contributed by atoms with Gasteiger partial charge in [-0.25, -0.2) is 0 Å². The second-order valence-corrected chi connectivity index (χ2v) is 15.8. The molecule has 0 aliphatic heterocycles. The van der Waals surface area contributed by atoms with Gasteiger partial charge in [-0.1, -0.05) is 194 Å². The Kier molecular flexibility index (Phi) is 36.8. The number of aliphatic hydroxyl groups excluding tert-OH is 1. The number of esters is 2. The summed E-state index contributed by atoms with van der Waals surface area (Å²) in [5.74, 6) is -0.254. The van der Waals surface area contributed by atoms with Crippen LogP contribution in [0.15, 0.2) is 0 Å². The number of rotatable bonds is 40. The third-order valence-corrected chi connectivity index (χ3v) is 11.0. The van der Waals surface area contributed by atoms with Gasteiger partial charge in [0.25, 0.3) is 0 Å². The lowest BCUT2D eigenvalue weighted by Crippen LogP contribution is -2.56. The van der Waals surface area contributed by atoms with Gasteiger partial charge in [0.1, 0.15) is 32.3 Å². The summed E-state index contributed by atoms with van der Waals surface area (Å²) in [7, 11) is 2.05. The maximum atomic E-state index is 12.3. The zero-order chi connectivity index (χ0) is 36.8. The van der Waals surface area contributed by atoms with Crippen molar-refractivity contribution in [2.45, 2.75) is 232 Å². The van der Waals surface area contributed by atoms with Gasteiger partial charge in [-0.15, -0.1) is 0 Å². The predicted molar refractivity (Wildman–Crippen MR) is 213 cm³/mol. The smallest absolute Gasteiger partial charge is 0.305 e. The molecule has 0 aliphatic carbocycles. The Hall–Kier alpha value is -1.14. The molecule has 0 aromatic heterocycles. The van der Waals surface area contributed by atoms with Crippen LogP contribution in [0.4, 0.5) is 0 Å². The summed E-state index contributed by atoms with van der Waals surface area (Å²) in [6.07, 6.45) is 40.3. The van der Waals surface area contributed by atoms with Gasteiger partial charge in [0.2, 0.25) is 0 Å². The fourth-order valence-electron chi connectivity index (χ4n) is 6.91. The number of likely N-dealkylation sites (N-methyl/N-ethyl adjacent to an activating group) is 1. The lowest BCUT2D eigenvalue weighted by molar-refractivity contribution is -0.932. The van der Waals surface area contributed by atoms with Gasteiger partial charge in [0.05, 0.1) is 13.7 Å². The number of carbonyl (C=O) groups excluding carboxylic acids is 2. The predicted octanol–water partition coefficient (Wildman–Crippen LogP) is 12.4. The summed E-state index contributed by atoms with van der Waals surface area (Å²) in [5, 5.41) is 9.86. The quantitative estimate of drug-likeness (QED) is 0.0389. The number of nitrogens with zero attached hydrogens (tertiary/aromatic N) is 1. The lowest BCUT2D eigenvalue weighted by Gasteiger charge is -2.39. The minimum Gasteiger partial charge on any atom is -0.460 e. The second-order valence-electron chi connectivity index (χ2n) is 15.8. The topological polar surface area (TPSA) is 72.8 Å². The van der Waals surface area contributed by atoms with Crippen LogP contribution >= 0.6 is 0 Å². The number of carbonyl (C=O) groups is 2. The van der Waals surface area contributed by atoms with E-state index in [-0.39, 0.29) is 24.6 Å². The fraction of sp³-hybridized carbons (Fsp3) is 0.955. The highest BCUT2D eigenvalue weighted by molar-refractivity contribution is 5.69. The summed E-state index contributed by atoms with van der Waals surface area (Å²) in [6.45, 7) is 8.44. The van der Waals surface area contributed by atoms with Crippen LogP contribution < -0.4 is 0 Å². The lowest BCUT2D eigenvalue weighted by atomic mass is 10.0. The van der Waals surface area contributed by atoms with Gasteiger partial charge in [0.15, 0.2) is 0 Å². The fourth-order valence-corrected chi connectivity index (χ4v) is 6.91. The van der Waals surface area contributed by atoms with Gasteiger partial charge >= 0.3 is 11.9 Å². The van der Waals surface area contributed by atoms with E-state index in [1.807, 2.05) is 14.0 Å². The first-order valence-corrected chi connectivity index (χ1v) is 22.2. The summed E-state index contributed by atoms with van der Waals surface area (Å²) in [5.41, 5.74) is 0. The Morgan fingerprint density at radius 1 is 0.460 bits per heavy atom. The van der Waals surface area contributed by atoms with E-state index < -0.39 is 0 Å². The van der Waals surface area contributed by atoms with Crippen molar-refractivity contribution in [2.75, 3.05) is 40.0 Å². The van der Waals surface area contributed by atoms with Crippen LogP contribution in [-0.2, 0) is 19.1 Å². The molecule has 0 spiro atoms. The van der Waals surface area contributed by atoms with E-state index in [4.69, 9.17) is 9.47 Å². The Morgan fingerprint density at radius 2 is 0.700 bits per heavy atom. The monoisotopic (exact) mass is 711 g/mol. The van der Waals surface area contributed by atoms with E-state index in [1.54, 1.807) is 0 Å². The maximum Gasteiger partial charge on any atom is 0.305 e. The van der Waals surface area contributed by atoms with Crippen LogP contribution in [0.2, 0.25) is 0 Å². The molecule has 0 rings (SSSR count). The van der Waals surface area contributed by atoms with Crippen molar-refractivity contribution in [3.05, 3.63) is 0 Å². The maximum absolute atomic E-state index is 12.3. The molecule has 6 nitrogen and oxygen atoms in total. The first-order valence-electron chi connectivity index (χ1n) is 22.2. The first kappa shape index (κ1) is 48.9. The van der Waals surface area contributed by atoms with E-state index >= 15 is 0 Å². The number of aliphatic hydroxyl groups is 1. The molecule has 0 saturated heterocycles. The average Bonchev–Trinajstić information content (AvgIpc) is 3.11. The number of quaternary nitrogens is 1. The normalized spacial score (nSPS) is 12.3. The van der Waals surface area contributed by atoms with Crippen molar-refractivity contribution in [1.29, 1.82) is 0 Å². The number of hydrogen-bond donors (Lipinski definition) is 1. The Bertz CT molecular complexity index is 677. The van der Waals surface area contributed by atoms with Crippen LogP contribution in [0.1, 0.15) is 226 Å². The summed E-state index contributed by atoms with van der Waals surface area (Å²) in [6, 6.07) is -0.0292. The molecule has 298 valence electrons. The molecule has 0 radical (unpaired) electrons. The van der Waals surface area contributed by atoms with Crippen molar-refractivity contribution >= 4 is 11.9 Å². The van der Waals surface area contributed by atoms with Crippen LogP contribution in [0.5, 0.6) is 0 Å². The summed E-state index contributed by atoms with van der Waals surface area (Å²) < 4.78 is 11.7. The summed E-state index contributed by atoms with van der Waals surface area (Å²) in [4.78, 5) is 24.7. The Balaban J connectivity index is 3.79. The molecule has 0 aromatic rings. The number of unbranched alkanes of at least 4 members (excludes halogenated alkanes) is 28. The van der Waals surface area contributed by atoms with Crippen molar-refractivity contribution in [2.24, 2.45) is 0 Å². The zero-order valence-corrected chi connectivity index (χ0v) is 34.3. The van der Waals surface area contributed by atoms with Crippen LogP contribution in [0, 0.1) is 0 Å². The van der Waals surface area contributed by atoms with E-state index in [0.717, 1.165) is 25.7 Å². The van der Waals surface area contributed by atoms with Gasteiger partial charge in [-0.2, -0.15) is 0 Å². The molecule has 1 atom stereocenters. The molecule has 1 unspecified atom stereocenters.